The second-order valence-electron chi connectivity index (χ2n) is 5.37. The van der Waals surface area contributed by atoms with E-state index in [2.05, 4.69) is 9.97 Å². The Labute approximate surface area is 143 Å². The minimum absolute atomic E-state index is 0.152. The van der Waals surface area contributed by atoms with Crippen LogP contribution in [0.4, 0.5) is 4.39 Å². The van der Waals surface area contributed by atoms with Crippen LogP contribution in [0.5, 0.6) is 0 Å². The Balaban J connectivity index is 1.82. The normalized spacial score (nSPS) is 10.8. The van der Waals surface area contributed by atoms with E-state index in [-0.39, 0.29) is 17.2 Å². The van der Waals surface area contributed by atoms with Crippen molar-refractivity contribution >= 4 is 28.6 Å². The van der Waals surface area contributed by atoms with Crippen molar-refractivity contribution in [3.63, 3.8) is 0 Å². The van der Waals surface area contributed by atoms with E-state index in [1.807, 2.05) is 13.8 Å². The molecule has 0 bridgehead atoms. The maximum absolute atomic E-state index is 13.7. The van der Waals surface area contributed by atoms with Gasteiger partial charge in [0.25, 0.3) is 0 Å². The van der Waals surface area contributed by atoms with Gasteiger partial charge >= 0.3 is 5.97 Å². The van der Waals surface area contributed by atoms with Crippen LogP contribution in [0.1, 0.15) is 27.3 Å². The van der Waals surface area contributed by atoms with Gasteiger partial charge in [0.1, 0.15) is 12.4 Å². The topological polar surface area (TPSA) is 52.1 Å². The minimum Gasteiger partial charge on any atom is -0.457 e. The molecule has 24 heavy (non-hydrogen) atoms. The number of nitrogens with zero attached hydrogens (tertiary/aromatic N) is 2. The van der Waals surface area contributed by atoms with Crippen LogP contribution in [0.25, 0.3) is 11.0 Å². The average molecular weight is 345 g/mol. The molecule has 0 spiro atoms. The van der Waals surface area contributed by atoms with Gasteiger partial charge in [0.2, 0.25) is 0 Å². The predicted molar refractivity (Wildman–Crippen MR) is 89.5 cm³/mol. The molecule has 0 saturated heterocycles. The van der Waals surface area contributed by atoms with Crippen molar-refractivity contribution < 1.29 is 13.9 Å². The summed E-state index contributed by atoms with van der Waals surface area (Å²) in [7, 11) is 0. The van der Waals surface area contributed by atoms with Crippen LogP contribution >= 0.6 is 11.6 Å². The molecule has 0 atom stereocenters. The lowest BCUT2D eigenvalue weighted by Crippen LogP contribution is -2.07. The van der Waals surface area contributed by atoms with Crippen LogP contribution in [0, 0.1) is 19.7 Å². The summed E-state index contributed by atoms with van der Waals surface area (Å²) in [5.41, 5.74) is 3.42. The summed E-state index contributed by atoms with van der Waals surface area (Å²) in [6.45, 7) is 3.50. The number of carbonyl (C=O) groups is 1. The number of rotatable bonds is 3. The minimum atomic E-state index is -0.573. The van der Waals surface area contributed by atoms with Crippen molar-refractivity contribution in [1.29, 1.82) is 0 Å². The molecule has 3 aromatic rings. The van der Waals surface area contributed by atoms with Crippen LogP contribution in [-0.4, -0.2) is 15.9 Å². The van der Waals surface area contributed by atoms with Crippen LogP contribution in [0.3, 0.4) is 0 Å². The molecule has 2 aromatic carbocycles. The fourth-order valence-electron chi connectivity index (χ4n) is 2.25. The summed E-state index contributed by atoms with van der Waals surface area (Å²) in [6, 6.07) is 9.24. The predicted octanol–water partition coefficient (Wildman–Crippen LogP) is 4.40. The number of aromatic nitrogens is 2. The summed E-state index contributed by atoms with van der Waals surface area (Å²) in [5, 5.41) is 0.221. The summed E-state index contributed by atoms with van der Waals surface area (Å²) in [5.74, 6) is -1.08. The Morgan fingerprint density at radius 2 is 1.83 bits per heavy atom. The molecular weight excluding hydrogens is 331 g/mol. The van der Waals surface area contributed by atoms with Gasteiger partial charge in [0.05, 0.1) is 33.0 Å². The lowest BCUT2D eigenvalue weighted by molar-refractivity contribution is 0.0469. The molecule has 0 N–H and O–H groups in total. The van der Waals surface area contributed by atoms with Crippen LogP contribution in [0.15, 0.2) is 36.4 Å². The van der Waals surface area contributed by atoms with Gasteiger partial charge in [0, 0.05) is 5.56 Å². The van der Waals surface area contributed by atoms with E-state index in [1.165, 1.54) is 12.1 Å². The van der Waals surface area contributed by atoms with Crippen LogP contribution < -0.4 is 0 Å². The number of aryl methyl sites for hydroxylation is 2. The molecule has 1 aromatic heterocycles. The third kappa shape index (κ3) is 3.21. The highest BCUT2D eigenvalue weighted by atomic mass is 35.5. The first-order chi connectivity index (χ1) is 11.5. The van der Waals surface area contributed by atoms with Crippen molar-refractivity contribution in [2.45, 2.75) is 20.5 Å². The Kier molecular flexibility index (Phi) is 4.44. The average Bonchev–Trinajstić information content (AvgIpc) is 2.55. The maximum Gasteiger partial charge on any atom is 0.338 e. The van der Waals surface area contributed by atoms with E-state index in [9.17, 15) is 9.18 Å². The first kappa shape index (κ1) is 16.3. The number of benzene rings is 2. The molecule has 6 heteroatoms. The second kappa shape index (κ2) is 6.53. The van der Waals surface area contributed by atoms with Gasteiger partial charge in [-0.1, -0.05) is 17.7 Å². The lowest BCUT2D eigenvalue weighted by atomic mass is 10.2. The fraction of sp³-hybridized carbons (Fsp3) is 0.167. The van der Waals surface area contributed by atoms with E-state index in [4.69, 9.17) is 16.3 Å². The number of hydrogen-bond acceptors (Lipinski definition) is 4. The Hall–Kier alpha value is -2.53. The molecule has 122 valence electrons. The standard InChI is InChI=1S/C18H14ClFN2O2/c1-10-11(2)22-17-8-12(6-7-16(17)21-10)18(23)24-9-13-14(19)4-3-5-15(13)20/h3-8H,9H2,1-2H3. The molecule has 0 radical (unpaired) electrons. The number of ether oxygens (including phenoxy) is 1. The van der Waals surface area contributed by atoms with Crippen molar-refractivity contribution in [3.8, 4) is 0 Å². The molecular formula is C18H14ClFN2O2. The molecule has 1 heterocycles. The Bertz CT molecular complexity index is 923. The van der Waals surface area contributed by atoms with Gasteiger partial charge in [-0.2, -0.15) is 0 Å². The SMILES string of the molecule is Cc1nc2ccc(C(=O)OCc3c(F)cccc3Cl)cc2nc1C. The van der Waals surface area contributed by atoms with Gasteiger partial charge in [-0.3, -0.25) is 0 Å². The molecule has 0 amide bonds. The maximum atomic E-state index is 13.7. The summed E-state index contributed by atoms with van der Waals surface area (Å²) in [4.78, 5) is 21.0. The van der Waals surface area contributed by atoms with E-state index >= 15 is 0 Å². The van der Waals surface area contributed by atoms with Gasteiger partial charge in [-0.15, -0.1) is 0 Å². The third-order valence-corrected chi connectivity index (χ3v) is 4.07. The van der Waals surface area contributed by atoms with Gasteiger partial charge in [0.15, 0.2) is 0 Å². The van der Waals surface area contributed by atoms with Crippen molar-refractivity contribution in [2.24, 2.45) is 0 Å². The zero-order valence-electron chi connectivity index (χ0n) is 13.1. The van der Waals surface area contributed by atoms with E-state index in [0.717, 1.165) is 11.4 Å². The number of halogens is 2. The molecule has 0 aliphatic heterocycles. The first-order valence-corrected chi connectivity index (χ1v) is 7.68. The monoisotopic (exact) mass is 344 g/mol. The molecule has 3 rings (SSSR count). The smallest absolute Gasteiger partial charge is 0.338 e. The number of esters is 1. The Morgan fingerprint density at radius 1 is 1.12 bits per heavy atom. The number of hydrogen-bond donors (Lipinski definition) is 0. The Morgan fingerprint density at radius 3 is 2.54 bits per heavy atom. The van der Waals surface area contributed by atoms with Crippen molar-refractivity contribution in [2.75, 3.05) is 0 Å². The van der Waals surface area contributed by atoms with E-state index in [0.29, 0.717) is 16.6 Å². The highest BCUT2D eigenvalue weighted by Crippen LogP contribution is 2.21. The quantitative estimate of drug-likeness (QED) is 0.661. The zero-order valence-corrected chi connectivity index (χ0v) is 13.9. The lowest BCUT2D eigenvalue weighted by Gasteiger charge is -2.08. The molecule has 0 fully saturated rings. The molecule has 0 aliphatic carbocycles. The van der Waals surface area contributed by atoms with E-state index < -0.39 is 11.8 Å². The molecule has 0 unspecified atom stereocenters. The van der Waals surface area contributed by atoms with Crippen LogP contribution in [-0.2, 0) is 11.3 Å². The molecule has 0 saturated carbocycles. The largest absolute Gasteiger partial charge is 0.457 e. The number of fused-ring (bicyclic) bond motifs is 1. The van der Waals surface area contributed by atoms with Gasteiger partial charge in [-0.05, 0) is 44.2 Å². The van der Waals surface area contributed by atoms with E-state index in [1.54, 1.807) is 24.3 Å². The van der Waals surface area contributed by atoms with Crippen molar-refractivity contribution in [3.05, 3.63) is 69.8 Å². The third-order valence-electron chi connectivity index (χ3n) is 3.72. The zero-order chi connectivity index (χ0) is 17.3. The fourth-order valence-corrected chi connectivity index (χ4v) is 2.47. The summed E-state index contributed by atoms with van der Waals surface area (Å²) >= 11 is 5.92. The highest BCUT2D eigenvalue weighted by Gasteiger charge is 2.13. The van der Waals surface area contributed by atoms with Gasteiger partial charge in [-0.25, -0.2) is 19.2 Å². The first-order valence-electron chi connectivity index (χ1n) is 7.30. The molecule has 0 aliphatic rings. The van der Waals surface area contributed by atoms with Crippen molar-refractivity contribution in [1.82, 2.24) is 9.97 Å². The summed E-state index contributed by atoms with van der Waals surface area (Å²) in [6.07, 6.45) is 0. The van der Waals surface area contributed by atoms with Gasteiger partial charge < -0.3 is 4.74 Å². The molecule has 4 nitrogen and oxygen atoms in total. The summed E-state index contributed by atoms with van der Waals surface area (Å²) < 4.78 is 18.9. The highest BCUT2D eigenvalue weighted by molar-refractivity contribution is 6.31. The van der Waals surface area contributed by atoms with Crippen LogP contribution in [0.2, 0.25) is 5.02 Å². The number of carbonyl (C=O) groups excluding carboxylic acids is 1. The second-order valence-corrected chi connectivity index (χ2v) is 5.78.